The first-order valence-corrected chi connectivity index (χ1v) is 10.1. The molecule has 0 aliphatic carbocycles. The lowest BCUT2D eigenvalue weighted by molar-refractivity contribution is -0.120. The molecule has 3 rings (SSSR count). The van der Waals surface area contributed by atoms with Crippen LogP contribution in [0.5, 0.6) is 0 Å². The van der Waals surface area contributed by atoms with Crippen molar-refractivity contribution in [3.63, 3.8) is 0 Å². The van der Waals surface area contributed by atoms with E-state index in [1.165, 1.54) is 16.5 Å². The van der Waals surface area contributed by atoms with Gasteiger partial charge in [0.1, 0.15) is 10.9 Å². The third kappa shape index (κ3) is 3.65. The van der Waals surface area contributed by atoms with Crippen molar-refractivity contribution in [3.8, 4) is 0 Å². The molecular weight excluding hydrogens is 356 g/mol. The van der Waals surface area contributed by atoms with Gasteiger partial charge in [-0.1, -0.05) is 25.6 Å². The van der Waals surface area contributed by atoms with E-state index in [0.717, 1.165) is 34.7 Å². The molecule has 1 amide bonds. The number of thioether (sulfide) groups is 1. The SMILES string of the molecule is CCc1nnc(SC(CC)C(=O)NCCOC)c2cc3sccc3n12. The second kappa shape index (κ2) is 8.16. The summed E-state index contributed by atoms with van der Waals surface area (Å²) in [5, 5.41) is 14.4. The number of hydrogen-bond donors (Lipinski definition) is 1. The fraction of sp³-hybridized carbons (Fsp3) is 0.471. The number of methoxy groups -OCH3 is 1. The molecule has 25 heavy (non-hydrogen) atoms. The summed E-state index contributed by atoms with van der Waals surface area (Å²) in [5.74, 6) is 0.947. The molecule has 0 aliphatic rings. The molecule has 1 unspecified atom stereocenters. The highest BCUT2D eigenvalue weighted by Gasteiger charge is 2.21. The Labute approximate surface area is 155 Å². The van der Waals surface area contributed by atoms with Crippen molar-refractivity contribution >= 4 is 44.7 Å². The van der Waals surface area contributed by atoms with Gasteiger partial charge in [-0.15, -0.1) is 21.5 Å². The number of carbonyl (C=O) groups excluding carboxylic acids is 1. The van der Waals surface area contributed by atoms with Crippen molar-refractivity contribution < 1.29 is 9.53 Å². The van der Waals surface area contributed by atoms with Gasteiger partial charge >= 0.3 is 0 Å². The molecule has 3 heterocycles. The van der Waals surface area contributed by atoms with Crippen LogP contribution in [-0.4, -0.2) is 46.0 Å². The molecule has 0 aromatic carbocycles. The van der Waals surface area contributed by atoms with Gasteiger partial charge in [-0.2, -0.15) is 0 Å². The van der Waals surface area contributed by atoms with E-state index in [0.29, 0.717) is 13.2 Å². The number of amides is 1. The van der Waals surface area contributed by atoms with Crippen LogP contribution in [0, 0.1) is 0 Å². The zero-order valence-electron chi connectivity index (χ0n) is 14.6. The van der Waals surface area contributed by atoms with E-state index < -0.39 is 0 Å². The van der Waals surface area contributed by atoms with E-state index in [2.05, 4.69) is 44.4 Å². The van der Waals surface area contributed by atoms with Gasteiger partial charge in [0.2, 0.25) is 5.91 Å². The summed E-state index contributed by atoms with van der Waals surface area (Å²) in [5.41, 5.74) is 2.19. The second-order valence-electron chi connectivity index (χ2n) is 5.61. The van der Waals surface area contributed by atoms with Crippen LogP contribution in [-0.2, 0) is 16.0 Å². The summed E-state index contributed by atoms with van der Waals surface area (Å²) in [7, 11) is 1.62. The smallest absolute Gasteiger partial charge is 0.233 e. The summed E-state index contributed by atoms with van der Waals surface area (Å²) >= 11 is 3.19. The van der Waals surface area contributed by atoms with Gasteiger partial charge in [0.05, 0.1) is 27.6 Å². The summed E-state index contributed by atoms with van der Waals surface area (Å²) < 4.78 is 8.36. The third-order valence-electron chi connectivity index (χ3n) is 4.00. The van der Waals surface area contributed by atoms with Crippen molar-refractivity contribution in [2.45, 2.75) is 37.0 Å². The highest BCUT2D eigenvalue weighted by Crippen LogP contribution is 2.33. The molecule has 0 aliphatic heterocycles. The number of aryl methyl sites for hydroxylation is 1. The molecule has 0 bridgehead atoms. The highest BCUT2D eigenvalue weighted by atomic mass is 32.2. The molecule has 8 heteroatoms. The van der Waals surface area contributed by atoms with Gasteiger partial charge in [0.25, 0.3) is 0 Å². The molecule has 0 saturated heterocycles. The zero-order valence-corrected chi connectivity index (χ0v) is 16.2. The number of ether oxygens (including phenoxy) is 1. The van der Waals surface area contributed by atoms with Gasteiger partial charge in [0, 0.05) is 20.1 Å². The molecule has 1 atom stereocenters. The van der Waals surface area contributed by atoms with E-state index in [1.54, 1.807) is 18.4 Å². The third-order valence-corrected chi connectivity index (χ3v) is 6.19. The van der Waals surface area contributed by atoms with Crippen LogP contribution in [0.4, 0.5) is 0 Å². The first-order chi connectivity index (χ1) is 12.2. The number of hydrogen-bond acceptors (Lipinski definition) is 6. The minimum atomic E-state index is -0.199. The quantitative estimate of drug-likeness (QED) is 0.482. The molecule has 0 spiro atoms. The Morgan fingerprint density at radius 2 is 2.24 bits per heavy atom. The molecule has 0 saturated carbocycles. The molecule has 0 radical (unpaired) electrons. The molecule has 0 fully saturated rings. The summed E-state index contributed by atoms with van der Waals surface area (Å²) in [6.07, 6.45) is 1.53. The molecule has 1 N–H and O–H groups in total. The van der Waals surface area contributed by atoms with Gasteiger partial charge in [-0.25, -0.2) is 0 Å². The van der Waals surface area contributed by atoms with Crippen molar-refractivity contribution in [1.29, 1.82) is 0 Å². The Kier molecular flexibility index (Phi) is 5.93. The number of nitrogens with zero attached hydrogens (tertiary/aromatic N) is 3. The molecule has 3 aromatic rings. The van der Waals surface area contributed by atoms with E-state index in [9.17, 15) is 4.79 Å². The number of rotatable bonds is 8. The maximum absolute atomic E-state index is 12.4. The Balaban J connectivity index is 1.91. The fourth-order valence-electron chi connectivity index (χ4n) is 2.72. The van der Waals surface area contributed by atoms with Crippen LogP contribution < -0.4 is 5.32 Å². The number of nitrogens with one attached hydrogen (secondary N) is 1. The Bertz CT molecular complexity index is 874. The molecular formula is C17H22N4O2S2. The highest BCUT2D eigenvalue weighted by molar-refractivity contribution is 8.00. The van der Waals surface area contributed by atoms with Crippen molar-refractivity contribution in [2.24, 2.45) is 0 Å². The summed E-state index contributed by atoms with van der Waals surface area (Å²) in [6, 6.07) is 4.25. The Morgan fingerprint density at radius 3 is 2.96 bits per heavy atom. The van der Waals surface area contributed by atoms with Gasteiger partial charge in [0.15, 0.2) is 0 Å². The van der Waals surface area contributed by atoms with Crippen LogP contribution in [0.25, 0.3) is 15.7 Å². The number of carbonyl (C=O) groups is 1. The van der Waals surface area contributed by atoms with Gasteiger partial charge in [-0.3, -0.25) is 9.20 Å². The van der Waals surface area contributed by atoms with Gasteiger partial charge < -0.3 is 10.1 Å². The van der Waals surface area contributed by atoms with Crippen molar-refractivity contribution in [1.82, 2.24) is 19.9 Å². The van der Waals surface area contributed by atoms with Crippen LogP contribution >= 0.6 is 23.1 Å². The summed E-state index contributed by atoms with van der Waals surface area (Å²) in [4.78, 5) is 12.4. The molecule has 3 aromatic heterocycles. The van der Waals surface area contributed by atoms with Crippen molar-refractivity contribution in [3.05, 3.63) is 23.3 Å². The van der Waals surface area contributed by atoms with Crippen LogP contribution in [0.15, 0.2) is 22.5 Å². The van der Waals surface area contributed by atoms with Crippen LogP contribution in [0.3, 0.4) is 0 Å². The first kappa shape index (κ1) is 18.2. The predicted octanol–water partition coefficient (Wildman–Crippen LogP) is 3.14. The normalized spacial score (nSPS) is 12.8. The van der Waals surface area contributed by atoms with Crippen LogP contribution in [0.2, 0.25) is 0 Å². The minimum absolute atomic E-state index is 0.0115. The van der Waals surface area contributed by atoms with E-state index in [4.69, 9.17) is 4.74 Å². The lowest BCUT2D eigenvalue weighted by Gasteiger charge is -2.15. The van der Waals surface area contributed by atoms with E-state index in [-0.39, 0.29) is 11.2 Å². The van der Waals surface area contributed by atoms with E-state index in [1.807, 2.05) is 6.92 Å². The van der Waals surface area contributed by atoms with Crippen LogP contribution in [0.1, 0.15) is 26.1 Å². The average molecular weight is 379 g/mol. The molecule has 134 valence electrons. The maximum atomic E-state index is 12.4. The predicted molar refractivity (Wildman–Crippen MR) is 103 cm³/mol. The Morgan fingerprint density at radius 1 is 1.40 bits per heavy atom. The monoisotopic (exact) mass is 378 g/mol. The minimum Gasteiger partial charge on any atom is -0.383 e. The van der Waals surface area contributed by atoms with Gasteiger partial charge in [-0.05, 0) is 23.9 Å². The lowest BCUT2D eigenvalue weighted by atomic mass is 10.3. The maximum Gasteiger partial charge on any atom is 0.233 e. The lowest BCUT2D eigenvalue weighted by Crippen LogP contribution is -2.34. The van der Waals surface area contributed by atoms with E-state index >= 15 is 0 Å². The molecule has 6 nitrogen and oxygen atoms in total. The zero-order chi connectivity index (χ0) is 17.8. The fourth-order valence-corrected chi connectivity index (χ4v) is 4.51. The van der Waals surface area contributed by atoms with Crippen molar-refractivity contribution in [2.75, 3.05) is 20.3 Å². The second-order valence-corrected chi connectivity index (χ2v) is 7.75. The topological polar surface area (TPSA) is 68.5 Å². The average Bonchev–Trinajstić information content (AvgIpc) is 3.21. The number of thiophene rings is 1. The number of fused-ring (bicyclic) bond motifs is 3. The standard InChI is InChI=1S/C17H22N4O2S2/c1-4-13(16(22)18-7-8-23-3)25-17-12-10-14-11(6-9-24-14)21(12)15(5-2)19-20-17/h6,9-10,13H,4-5,7-8H2,1-3H3,(H,18,22). The number of aromatic nitrogens is 3. The first-order valence-electron chi connectivity index (χ1n) is 8.37. The Hall–Kier alpha value is -1.64. The summed E-state index contributed by atoms with van der Waals surface area (Å²) in [6.45, 7) is 5.11. The largest absolute Gasteiger partial charge is 0.383 e.